The van der Waals surface area contributed by atoms with Gasteiger partial charge in [0.15, 0.2) is 0 Å². The van der Waals surface area contributed by atoms with Crippen molar-refractivity contribution in [2.24, 2.45) is 5.73 Å². The summed E-state index contributed by atoms with van der Waals surface area (Å²) >= 11 is 5.81. The second-order valence-electron chi connectivity index (χ2n) is 4.37. The molecule has 1 aromatic carbocycles. The maximum Gasteiger partial charge on any atom is 0.0790 e. The van der Waals surface area contributed by atoms with Crippen molar-refractivity contribution in [3.05, 3.63) is 47.2 Å². The third-order valence-electron chi connectivity index (χ3n) is 2.43. The zero-order valence-electron chi connectivity index (χ0n) is 9.31. The minimum absolute atomic E-state index is 0.319. The predicted molar refractivity (Wildman–Crippen MR) is 65.8 cm³/mol. The number of rotatable bonds is 2. The number of halogens is 1. The van der Waals surface area contributed by atoms with E-state index in [0.29, 0.717) is 5.02 Å². The van der Waals surface area contributed by atoms with Crippen LogP contribution in [0.25, 0.3) is 5.69 Å². The van der Waals surface area contributed by atoms with Gasteiger partial charge in [-0.3, -0.25) is 0 Å². The Bertz CT molecular complexity index is 480. The second-order valence-corrected chi connectivity index (χ2v) is 4.81. The fourth-order valence-electron chi connectivity index (χ4n) is 1.49. The molecule has 3 nitrogen and oxygen atoms in total. The van der Waals surface area contributed by atoms with E-state index in [1.165, 1.54) is 0 Å². The quantitative estimate of drug-likeness (QED) is 0.870. The molecule has 0 atom stereocenters. The predicted octanol–water partition coefficient (Wildman–Crippen LogP) is 2.72. The Balaban J connectivity index is 2.33. The second kappa shape index (κ2) is 3.92. The molecule has 0 fully saturated rings. The lowest BCUT2D eigenvalue weighted by molar-refractivity contribution is 0.554. The number of hydrogen-bond donors (Lipinski definition) is 1. The maximum atomic E-state index is 6.01. The van der Waals surface area contributed by atoms with Crippen LogP contribution in [-0.2, 0) is 5.54 Å². The van der Waals surface area contributed by atoms with E-state index < -0.39 is 0 Å². The average Bonchev–Trinajstić information content (AvgIpc) is 2.64. The molecule has 2 N–H and O–H groups in total. The standard InChI is InChI=1S/C12H14ClN3/c1-12(2,14)9-3-5-11(6-4-9)16-8-10(13)7-15-16/h3-8H,14H2,1-2H3. The van der Waals surface area contributed by atoms with E-state index in [9.17, 15) is 0 Å². The summed E-state index contributed by atoms with van der Waals surface area (Å²) in [6, 6.07) is 7.97. The van der Waals surface area contributed by atoms with E-state index in [-0.39, 0.29) is 5.54 Å². The van der Waals surface area contributed by atoms with Crippen LogP contribution >= 0.6 is 11.6 Å². The molecule has 0 saturated carbocycles. The van der Waals surface area contributed by atoms with Gasteiger partial charge in [0.1, 0.15) is 0 Å². The van der Waals surface area contributed by atoms with Crippen LogP contribution < -0.4 is 5.73 Å². The first-order chi connectivity index (χ1) is 7.47. The van der Waals surface area contributed by atoms with Gasteiger partial charge in [-0.25, -0.2) is 4.68 Å². The summed E-state index contributed by atoms with van der Waals surface area (Å²) in [5.74, 6) is 0. The third kappa shape index (κ3) is 2.26. The van der Waals surface area contributed by atoms with Crippen LogP contribution in [0.4, 0.5) is 0 Å². The van der Waals surface area contributed by atoms with Gasteiger partial charge in [-0.2, -0.15) is 5.10 Å². The number of nitrogens with zero attached hydrogens (tertiary/aromatic N) is 2. The Morgan fingerprint density at radius 2 is 1.88 bits per heavy atom. The molecule has 0 aliphatic rings. The Kier molecular flexibility index (Phi) is 2.74. The summed E-state index contributed by atoms with van der Waals surface area (Å²) in [6.07, 6.45) is 3.38. The minimum Gasteiger partial charge on any atom is -0.322 e. The van der Waals surface area contributed by atoms with Crippen molar-refractivity contribution in [2.45, 2.75) is 19.4 Å². The molecule has 0 saturated heterocycles. The highest BCUT2D eigenvalue weighted by Gasteiger charge is 2.13. The lowest BCUT2D eigenvalue weighted by Crippen LogP contribution is -2.28. The molecular weight excluding hydrogens is 222 g/mol. The van der Waals surface area contributed by atoms with E-state index >= 15 is 0 Å². The third-order valence-corrected chi connectivity index (χ3v) is 2.62. The Morgan fingerprint density at radius 1 is 1.25 bits per heavy atom. The van der Waals surface area contributed by atoms with Gasteiger partial charge in [0.05, 0.1) is 16.9 Å². The molecule has 0 radical (unpaired) electrons. The van der Waals surface area contributed by atoms with Crippen molar-refractivity contribution in [3.63, 3.8) is 0 Å². The van der Waals surface area contributed by atoms with Gasteiger partial charge < -0.3 is 5.73 Å². The molecule has 0 spiro atoms. The molecule has 0 bridgehead atoms. The van der Waals surface area contributed by atoms with Gasteiger partial charge in [0, 0.05) is 11.7 Å². The molecule has 4 heteroatoms. The number of nitrogens with two attached hydrogens (primary N) is 1. The van der Waals surface area contributed by atoms with Crippen molar-refractivity contribution in [2.75, 3.05) is 0 Å². The molecule has 0 unspecified atom stereocenters. The van der Waals surface area contributed by atoms with Crippen molar-refractivity contribution < 1.29 is 0 Å². The van der Waals surface area contributed by atoms with Crippen LogP contribution in [0.2, 0.25) is 5.02 Å². The van der Waals surface area contributed by atoms with Gasteiger partial charge in [-0.15, -0.1) is 0 Å². The summed E-state index contributed by atoms with van der Waals surface area (Å²) in [6.45, 7) is 3.96. The van der Waals surface area contributed by atoms with Crippen molar-refractivity contribution >= 4 is 11.6 Å². The molecule has 2 aromatic rings. The van der Waals surface area contributed by atoms with Gasteiger partial charge >= 0.3 is 0 Å². The monoisotopic (exact) mass is 235 g/mol. The van der Waals surface area contributed by atoms with E-state index in [2.05, 4.69) is 5.10 Å². The SMILES string of the molecule is CC(C)(N)c1ccc(-n2cc(Cl)cn2)cc1. The van der Waals surface area contributed by atoms with Crippen LogP contribution in [0.5, 0.6) is 0 Å². The zero-order valence-corrected chi connectivity index (χ0v) is 10.1. The lowest BCUT2D eigenvalue weighted by atomic mass is 9.96. The Hall–Kier alpha value is -1.32. The fourth-order valence-corrected chi connectivity index (χ4v) is 1.62. The van der Waals surface area contributed by atoms with E-state index in [1.54, 1.807) is 17.1 Å². The molecule has 0 amide bonds. The first-order valence-electron chi connectivity index (χ1n) is 5.07. The molecule has 2 rings (SSSR count). The highest BCUT2D eigenvalue weighted by molar-refractivity contribution is 6.30. The van der Waals surface area contributed by atoms with Crippen molar-refractivity contribution in [1.29, 1.82) is 0 Å². The van der Waals surface area contributed by atoms with E-state index in [1.807, 2.05) is 38.1 Å². The Morgan fingerprint density at radius 3 is 2.31 bits per heavy atom. The first-order valence-corrected chi connectivity index (χ1v) is 5.44. The van der Waals surface area contributed by atoms with Gasteiger partial charge in [0.2, 0.25) is 0 Å². The first kappa shape index (κ1) is 11.2. The number of aromatic nitrogens is 2. The average molecular weight is 236 g/mol. The van der Waals surface area contributed by atoms with Crippen LogP contribution in [0.3, 0.4) is 0 Å². The summed E-state index contributed by atoms with van der Waals surface area (Å²) in [5.41, 5.74) is 7.75. The van der Waals surface area contributed by atoms with Crippen LogP contribution in [0, 0.1) is 0 Å². The van der Waals surface area contributed by atoms with Crippen molar-refractivity contribution in [1.82, 2.24) is 9.78 Å². The zero-order chi connectivity index (χ0) is 11.8. The van der Waals surface area contributed by atoms with Gasteiger partial charge in [-0.05, 0) is 31.5 Å². The number of hydrogen-bond acceptors (Lipinski definition) is 2. The van der Waals surface area contributed by atoms with E-state index in [0.717, 1.165) is 11.3 Å². The van der Waals surface area contributed by atoms with Crippen LogP contribution in [-0.4, -0.2) is 9.78 Å². The summed E-state index contributed by atoms with van der Waals surface area (Å²) in [5, 5.41) is 4.76. The molecule has 16 heavy (non-hydrogen) atoms. The minimum atomic E-state index is -0.319. The summed E-state index contributed by atoms with van der Waals surface area (Å²) in [4.78, 5) is 0. The molecule has 0 aliphatic carbocycles. The molecule has 1 heterocycles. The molecular formula is C12H14ClN3. The lowest BCUT2D eigenvalue weighted by Gasteiger charge is -2.19. The van der Waals surface area contributed by atoms with Crippen LogP contribution in [0.1, 0.15) is 19.4 Å². The highest BCUT2D eigenvalue weighted by Crippen LogP contribution is 2.19. The maximum absolute atomic E-state index is 6.01. The fraction of sp³-hybridized carbons (Fsp3) is 0.250. The van der Waals surface area contributed by atoms with Gasteiger partial charge in [-0.1, -0.05) is 23.7 Å². The highest BCUT2D eigenvalue weighted by atomic mass is 35.5. The molecule has 84 valence electrons. The number of benzene rings is 1. The topological polar surface area (TPSA) is 43.8 Å². The van der Waals surface area contributed by atoms with Crippen molar-refractivity contribution in [3.8, 4) is 5.69 Å². The normalized spacial score (nSPS) is 11.8. The molecule has 1 aromatic heterocycles. The Labute approximate surface area is 99.8 Å². The molecule has 0 aliphatic heterocycles. The van der Waals surface area contributed by atoms with E-state index in [4.69, 9.17) is 17.3 Å². The van der Waals surface area contributed by atoms with Gasteiger partial charge in [0.25, 0.3) is 0 Å². The summed E-state index contributed by atoms with van der Waals surface area (Å²) in [7, 11) is 0. The largest absolute Gasteiger partial charge is 0.322 e. The van der Waals surface area contributed by atoms with Crippen LogP contribution in [0.15, 0.2) is 36.7 Å². The summed E-state index contributed by atoms with van der Waals surface area (Å²) < 4.78 is 1.73. The smallest absolute Gasteiger partial charge is 0.0790 e.